The molecule has 0 aliphatic rings. The van der Waals surface area contributed by atoms with Crippen LogP contribution in [0.3, 0.4) is 0 Å². The molecule has 0 unspecified atom stereocenters. The van der Waals surface area contributed by atoms with E-state index in [1.54, 1.807) is 6.26 Å². The second-order valence-corrected chi connectivity index (χ2v) is 3.21. The molecule has 0 amide bonds. The van der Waals surface area contributed by atoms with Gasteiger partial charge in [0.1, 0.15) is 5.58 Å². The van der Waals surface area contributed by atoms with Gasteiger partial charge in [0, 0.05) is 10.9 Å². The molecule has 1 aromatic heterocycles. The summed E-state index contributed by atoms with van der Waals surface area (Å²) >= 11 is 0. The summed E-state index contributed by atoms with van der Waals surface area (Å²) < 4.78 is 5.33. The first-order valence-electron chi connectivity index (χ1n) is 4.58. The van der Waals surface area contributed by atoms with E-state index in [0.717, 1.165) is 22.1 Å². The molecule has 2 rings (SSSR count). The summed E-state index contributed by atoms with van der Waals surface area (Å²) in [6.45, 7) is 0. The van der Waals surface area contributed by atoms with Crippen molar-refractivity contribution in [1.82, 2.24) is 0 Å². The summed E-state index contributed by atoms with van der Waals surface area (Å²) in [5.74, 6) is 0. The van der Waals surface area contributed by atoms with Gasteiger partial charge in [0.15, 0.2) is 0 Å². The van der Waals surface area contributed by atoms with E-state index in [9.17, 15) is 0 Å². The molecule has 0 saturated carbocycles. The molecule has 3 heteroatoms. The van der Waals surface area contributed by atoms with E-state index in [2.05, 4.69) is 12.1 Å². The van der Waals surface area contributed by atoms with E-state index in [0.29, 0.717) is 6.42 Å². The molecule has 72 valence electrons. The summed E-state index contributed by atoms with van der Waals surface area (Å²) in [5.41, 5.74) is 2.44. The minimum absolute atomic E-state index is 0.280. The van der Waals surface area contributed by atoms with Gasteiger partial charge in [0.25, 0.3) is 0 Å². The molecule has 0 fully saturated rings. The summed E-state index contributed by atoms with van der Waals surface area (Å²) in [6.07, 6.45) is 2.19. The van der Waals surface area contributed by atoms with E-state index in [-0.39, 0.29) is 6.42 Å². The Kier molecular flexibility index (Phi) is 2.39. The van der Waals surface area contributed by atoms with Crippen molar-refractivity contribution in [2.45, 2.75) is 12.8 Å². The first kappa shape index (κ1) is 9.30. The van der Waals surface area contributed by atoms with Crippen molar-refractivity contribution in [3.63, 3.8) is 0 Å². The Morgan fingerprint density at radius 3 is 2.60 bits per heavy atom. The van der Waals surface area contributed by atoms with E-state index < -0.39 is 0 Å². The first-order chi connectivity index (χ1) is 7.36. The van der Waals surface area contributed by atoms with Crippen molar-refractivity contribution in [3.05, 3.63) is 35.6 Å². The molecule has 2 aromatic rings. The van der Waals surface area contributed by atoms with Crippen LogP contribution in [0.5, 0.6) is 0 Å². The predicted molar refractivity (Wildman–Crippen MR) is 54.8 cm³/mol. The SMILES string of the molecule is N#CCc1ccc2ccoc2c1CC#N. The molecule has 0 radical (unpaired) electrons. The minimum atomic E-state index is 0.280. The maximum absolute atomic E-state index is 8.73. The number of nitriles is 2. The average molecular weight is 196 g/mol. The molecule has 0 bridgehead atoms. The number of rotatable bonds is 2. The van der Waals surface area contributed by atoms with Gasteiger partial charge in [-0.05, 0) is 11.6 Å². The van der Waals surface area contributed by atoms with Gasteiger partial charge >= 0.3 is 0 Å². The number of hydrogen-bond donors (Lipinski definition) is 0. The first-order valence-corrected chi connectivity index (χ1v) is 4.58. The van der Waals surface area contributed by atoms with Crippen LogP contribution in [-0.2, 0) is 12.8 Å². The van der Waals surface area contributed by atoms with Crippen LogP contribution in [0.4, 0.5) is 0 Å². The van der Waals surface area contributed by atoms with Crippen molar-refractivity contribution < 1.29 is 4.42 Å². The smallest absolute Gasteiger partial charge is 0.138 e. The Morgan fingerprint density at radius 1 is 1.07 bits per heavy atom. The van der Waals surface area contributed by atoms with Crippen LogP contribution in [0.2, 0.25) is 0 Å². The zero-order valence-corrected chi connectivity index (χ0v) is 8.03. The van der Waals surface area contributed by atoms with Gasteiger partial charge in [0.2, 0.25) is 0 Å². The highest BCUT2D eigenvalue weighted by molar-refractivity contribution is 5.82. The quantitative estimate of drug-likeness (QED) is 0.741. The van der Waals surface area contributed by atoms with Crippen LogP contribution in [0, 0.1) is 22.7 Å². The van der Waals surface area contributed by atoms with E-state index in [1.165, 1.54) is 0 Å². The van der Waals surface area contributed by atoms with Crippen LogP contribution >= 0.6 is 0 Å². The summed E-state index contributed by atoms with van der Waals surface area (Å²) in [7, 11) is 0. The summed E-state index contributed by atoms with van der Waals surface area (Å²) in [6, 6.07) is 9.83. The molecule has 3 nitrogen and oxygen atoms in total. The normalized spacial score (nSPS) is 9.73. The maximum atomic E-state index is 8.73. The summed E-state index contributed by atoms with van der Waals surface area (Å²) in [5, 5.41) is 18.4. The lowest BCUT2D eigenvalue weighted by Crippen LogP contribution is -1.92. The summed E-state index contributed by atoms with van der Waals surface area (Å²) in [4.78, 5) is 0. The number of furan rings is 1. The standard InChI is InChI=1S/C12H8N2O/c13-6-3-9-1-2-10-5-8-15-12(10)11(9)4-7-14/h1-2,5,8H,3-4H2. The van der Waals surface area contributed by atoms with Gasteiger partial charge in [-0.1, -0.05) is 12.1 Å². The highest BCUT2D eigenvalue weighted by atomic mass is 16.3. The predicted octanol–water partition coefficient (Wildman–Crippen LogP) is 2.56. The third-order valence-corrected chi connectivity index (χ3v) is 2.35. The Labute approximate surface area is 87.2 Å². The topological polar surface area (TPSA) is 60.7 Å². The monoisotopic (exact) mass is 196 g/mol. The highest BCUT2D eigenvalue weighted by Gasteiger charge is 2.09. The highest BCUT2D eigenvalue weighted by Crippen LogP contribution is 2.24. The Bertz CT molecular complexity index is 569. The molecule has 1 aromatic carbocycles. The zero-order chi connectivity index (χ0) is 10.7. The van der Waals surface area contributed by atoms with Crippen molar-refractivity contribution in [1.29, 1.82) is 10.5 Å². The molecule has 0 N–H and O–H groups in total. The van der Waals surface area contributed by atoms with Crippen LogP contribution in [0.25, 0.3) is 11.0 Å². The van der Waals surface area contributed by atoms with Crippen molar-refractivity contribution in [2.24, 2.45) is 0 Å². The fourth-order valence-corrected chi connectivity index (χ4v) is 1.66. The Balaban J connectivity index is 2.66. The van der Waals surface area contributed by atoms with Crippen molar-refractivity contribution >= 4 is 11.0 Å². The molecule has 0 spiro atoms. The van der Waals surface area contributed by atoms with Crippen LogP contribution in [0.1, 0.15) is 11.1 Å². The minimum Gasteiger partial charge on any atom is -0.464 e. The van der Waals surface area contributed by atoms with Crippen molar-refractivity contribution in [2.75, 3.05) is 0 Å². The Hall–Kier alpha value is -2.26. The zero-order valence-electron chi connectivity index (χ0n) is 8.03. The molecular formula is C12H8N2O. The van der Waals surface area contributed by atoms with Gasteiger partial charge in [-0.3, -0.25) is 0 Å². The van der Waals surface area contributed by atoms with Crippen LogP contribution < -0.4 is 0 Å². The van der Waals surface area contributed by atoms with Crippen molar-refractivity contribution in [3.8, 4) is 12.1 Å². The Morgan fingerprint density at radius 2 is 1.87 bits per heavy atom. The van der Waals surface area contributed by atoms with Gasteiger partial charge in [-0.15, -0.1) is 0 Å². The maximum Gasteiger partial charge on any atom is 0.138 e. The second-order valence-electron chi connectivity index (χ2n) is 3.21. The molecule has 15 heavy (non-hydrogen) atoms. The lowest BCUT2D eigenvalue weighted by Gasteiger charge is -2.03. The largest absolute Gasteiger partial charge is 0.464 e. The molecular weight excluding hydrogens is 188 g/mol. The third kappa shape index (κ3) is 1.56. The fourth-order valence-electron chi connectivity index (χ4n) is 1.66. The number of benzene rings is 1. The number of hydrogen-bond acceptors (Lipinski definition) is 3. The van der Waals surface area contributed by atoms with E-state index >= 15 is 0 Å². The van der Waals surface area contributed by atoms with E-state index in [4.69, 9.17) is 14.9 Å². The van der Waals surface area contributed by atoms with Gasteiger partial charge in [-0.25, -0.2) is 0 Å². The fraction of sp³-hybridized carbons (Fsp3) is 0.167. The second kappa shape index (κ2) is 3.86. The molecule has 1 heterocycles. The third-order valence-electron chi connectivity index (χ3n) is 2.35. The number of fused-ring (bicyclic) bond motifs is 1. The lowest BCUT2D eigenvalue weighted by molar-refractivity contribution is 0.611. The number of nitrogens with zero attached hydrogens (tertiary/aromatic N) is 2. The molecule has 0 aliphatic carbocycles. The van der Waals surface area contributed by atoms with Gasteiger partial charge in [0.05, 0.1) is 31.2 Å². The molecule has 0 saturated heterocycles. The van der Waals surface area contributed by atoms with Gasteiger partial charge < -0.3 is 4.42 Å². The van der Waals surface area contributed by atoms with E-state index in [1.807, 2.05) is 18.2 Å². The lowest BCUT2D eigenvalue weighted by atomic mass is 10.0. The van der Waals surface area contributed by atoms with Gasteiger partial charge in [-0.2, -0.15) is 10.5 Å². The molecule has 0 aliphatic heterocycles. The van der Waals surface area contributed by atoms with Crippen LogP contribution in [0.15, 0.2) is 28.9 Å². The molecule has 0 atom stereocenters. The average Bonchev–Trinajstić information content (AvgIpc) is 2.70. The van der Waals surface area contributed by atoms with Crippen LogP contribution in [-0.4, -0.2) is 0 Å².